The van der Waals surface area contributed by atoms with Crippen LogP contribution < -0.4 is 0 Å². The maximum absolute atomic E-state index is 2.49. The maximum atomic E-state index is 2.49. The average molecular weight is 729 g/mol. The van der Waals surface area contributed by atoms with Crippen molar-refractivity contribution in [1.82, 2.24) is 0 Å². The van der Waals surface area contributed by atoms with E-state index >= 15 is 0 Å². The fourth-order valence-electron chi connectivity index (χ4n) is 7.63. The molecule has 4 rings (SSSR count). The fraction of sp³-hybridized carbons (Fsp3) is 0.848. The number of hydrogen-bond donors (Lipinski definition) is 0. The molecule has 200 valence electrons. The molecule has 4 fully saturated rings. The first-order valence-corrected chi connectivity index (χ1v) is 15.2. The van der Waals surface area contributed by atoms with Gasteiger partial charge in [0.15, 0.2) is 0 Å². The molecule has 0 N–H and O–H groups in total. The molecule has 4 aliphatic rings. The standard InChI is InChI=1S/C17H30.C16H27.Rf.4H2/c1-3-4-5-15-8-12-17(13-9-15)16-10-6-14(2)7-11-16;1-2-3-7-14-10-12-16(13-11-14)15-8-5-4-6-9-15;;;;;/h3-4,14-17H,5-13H2,1-2H3;2-4,14-16H,5-13H2,1H3;;4*1H/q;-1;;;;;/b4-3+;3-2+;;;;;. The van der Waals surface area contributed by atoms with Gasteiger partial charge in [-0.1, -0.05) is 56.9 Å². The summed E-state index contributed by atoms with van der Waals surface area (Å²) in [4.78, 5) is 0. The number of rotatable bonds is 6. The van der Waals surface area contributed by atoms with Gasteiger partial charge in [-0.2, -0.15) is 12.8 Å². The molecule has 4 aliphatic carbocycles. The Morgan fingerprint density at radius 2 is 0.912 bits per heavy atom. The van der Waals surface area contributed by atoms with E-state index in [1.807, 2.05) is 0 Å². The van der Waals surface area contributed by atoms with Gasteiger partial charge in [-0.3, -0.25) is 0 Å². The van der Waals surface area contributed by atoms with Crippen molar-refractivity contribution >= 4 is 0 Å². The minimum absolute atomic E-state index is 0. The molecular formula is C33H65Rf-. The van der Waals surface area contributed by atoms with E-state index in [0.717, 1.165) is 41.4 Å². The first kappa shape index (κ1) is 28.7. The summed E-state index contributed by atoms with van der Waals surface area (Å²) in [6, 6.07) is 0. The van der Waals surface area contributed by atoms with Gasteiger partial charge in [0.2, 0.25) is 0 Å². The predicted octanol–water partition coefficient (Wildman–Crippen LogP) is 11.7. The fourth-order valence-corrected chi connectivity index (χ4v) is 7.63. The second-order valence-electron chi connectivity index (χ2n) is 12.4. The third-order valence-corrected chi connectivity index (χ3v) is 10.1. The zero-order chi connectivity index (χ0) is 23.3. The Hall–Kier alpha value is -1.52. The molecule has 0 aromatic heterocycles. The summed E-state index contributed by atoms with van der Waals surface area (Å²) in [5.41, 5.74) is 0. The minimum atomic E-state index is 0. The van der Waals surface area contributed by atoms with E-state index in [1.54, 1.807) is 0 Å². The summed E-state index contributed by atoms with van der Waals surface area (Å²) in [5.74, 6) is 7.35. The average Bonchev–Trinajstić information content (AvgIpc) is 2.88. The minimum Gasteiger partial charge on any atom is -0.328 e. The van der Waals surface area contributed by atoms with Crippen molar-refractivity contribution in [2.45, 2.75) is 136 Å². The Morgan fingerprint density at radius 3 is 1.29 bits per heavy atom. The summed E-state index contributed by atoms with van der Waals surface area (Å²) in [6.45, 7) is 6.73. The van der Waals surface area contributed by atoms with Gasteiger partial charge in [0.05, 0.1) is 0 Å². The van der Waals surface area contributed by atoms with E-state index in [4.69, 9.17) is 0 Å². The van der Waals surface area contributed by atoms with Gasteiger partial charge in [0.25, 0.3) is 0 Å². The zero-order valence-corrected chi connectivity index (χ0v) is 29.8. The van der Waals surface area contributed by atoms with E-state index in [9.17, 15) is 0 Å². The van der Waals surface area contributed by atoms with E-state index < -0.39 is 0 Å². The summed E-state index contributed by atoms with van der Waals surface area (Å²) < 4.78 is 0. The SMILES string of the molecule is C/C=C/CC1CCC(C2CCC(C)CC2)CC1.C/C=C/CC1CCC(C2CC[CH-]CC2)CC1.[HH].[HH].[HH].[HH].[Rf]. The molecule has 0 bridgehead atoms. The van der Waals surface area contributed by atoms with Crippen molar-refractivity contribution in [3.63, 3.8) is 0 Å². The third kappa shape index (κ3) is 9.62. The van der Waals surface area contributed by atoms with Crippen LogP contribution in [-0.2, 0) is 0 Å². The Kier molecular flexibility index (Phi) is 13.7. The molecule has 0 unspecified atom stereocenters. The van der Waals surface area contributed by atoms with Crippen LogP contribution in [0, 0.1) is 47.8 Å². The van der Waals surface area contributed by atoms with E-state index in [1.165, 1.54) is 116 Å². The predicted molar refractivity (Wildman–Crippen MR) is 156 cm³/mol. The van der Waals surface area contributed by atoms with E-state index in [0.29, 0.717) is 0 Å². The summed E-state index contributed by atoms with van der Waals surface area (Å²) in [5, 5.41) is 0. The largest absolute Gasteiger partial charge is 0.328 e. The van der Waals surface area contributed by atoms with Crippen LogP contribution in [0.2, 0.25) is 0 Å². The van der Waals surface area contributed by atoms with Crippen LogP contribution in [0.5, 0.6) is 0 Å². The van der Waals surface area contributed by atoms with Crippen molar-refractivity contribution in [2.75, 3.05) is 0 Å². The normalized spacial score (nSPS) is 35.5. The Labute approximate surface area is 214 Å². The molecule has 0 saturated heterocycles. The van der Waals surface area contributed by atoms with Crippen LogP contribution in [0.25, 0.3) is 0 Å². The topological polar surface area (TPSA) is 0 Å². The smallest absolute Gasteiger partial charge is 0 e. The van der Waals surface area contributed by atoms with Crippen LogP contribution in [0.3, 0.4) is 0 Å². The van der Waals surface area contributed by atoms with E-state index in [2.05, 4.69) is 51.5 Å². The molecule has 4 saturated carbocycles. The Morgan fingerprint density at radius 1 is 0.559 bits per heavy atom. The summed E-state index contributed by atoms with van der Waals surface area (Å²) >= 11 is 0. The van der Waals surface area contributed by atoms with Gasteiger partial charge >= 0.3 is 0 Å². The molecule has 0 aliphatic heterocycles. The van der Waals surface area contributed by atoms with Crippen molar-refractivity contribution in [3.05, 3.63) is 30.7 Å². The number of allylic oxidation sites excluding steroid dienone is 4. The van der Waals surface area contributed by atoms with Crippen molar-refractivity contribution in [1.29, 1.82) is 0 Å². The molecule has 0 atom stereocenters. The number of hydrogen-bond acceptors (Lipinski definition) is 0. The Bertz CT molecular complexity index is 551. The van der Waals surface area contributed by atoms with Crippen molar-refractivity contribution in [2.24, 2.45) is 41.4 Å². The van der Waals surface area contributed by atoms with Gasteiger partial charge < -0.3 is 6.42 Å². The first-order valence-electron chi connectivity index (χ1n) is 15.2. The molecule has 0 aromatic carbocycles. The van der Waals surface area contributed by atoms with Gasteiger partial charge in [0, 0.05) is 5.71 Å². The van der Waals surface area contributed by atoms with Crippen LogP contribution in [0.4, 0.5) is 0 Å². The van der Waals surface area contributed by atoms with Gasteiger partial charge in [-0.25, -0.2) is 0 Å². The van der Waals surface area contributed by atoms with Gasteiger partial charge in [-0.15, -0.1) is 0 Å². The molecule has 0 aromatic rings. The molecule has 0 nitrogen and oxygen atoms in total. The zero-order valence-electron chi connectivity index (χ0n) is 23.4. The van der Waals surface area contributed by atoms with Crippen LogP contribution >= 0.6 is 0 Å². The van der Waals surface area contributed by atoms with Crippen LogP contribution in [-0.4, -0.2) is 0 Å². The molecule has 0 amide bonds. The Balaban J connectivity index is -0.000000570. The first-order chi connectivity index (χ1) is 16.2. The molecular weight excluding hydrogens is 663 g/mol. The third-order valence-electron chi connectivity index (χ3n) is 10.1. The molecule has 0 spiro atoms. The molecule has 0 radical (unpaired) electrons. The quantitative estimate of drug-likeness (QED) is 0.189. The van der Waals surface area contributed by atoms with Gasteiger partial charge in [0.1, 0.15) is 0 Å². The van der Waals surface area contributed by atoms with Crippen LogP contribution in [0.1, 0.15) is 142 Å². The summed E-state index contributed by atoms with van der Waals surface area (Å²) in [7, 11) is 0. The van der Waals surface area contributed by atoms with Gasteiger partial charge in [-0.05, 0) is 132 Å². The summed E-state index contributed by atoms with van der Waals surface area (Å²) in [6.07, 6.45) is 38.3. The maximum Gasteiger partial charge on any atom is 0 e. The van der Waals surface area contributed by atoms with E-state index in [-0.39, 0.29) is 5.71 Å². The monoisotopic (exact) mass is 729 g/mol. The molecule has 34 heavy (non-hydrogen) atoms. The van der Waals surface area contributed by atoms with Crippen LogP contribution in [0.15, 0.2) is 24.3 Å². The molecule has 1 heteroatoms. The molecule has 0 heterocycles. The van der Waals surface area contributed by atoms with Crippen molar-refractivity contribution < 1.29 is 5.71 Å². The second kappa shape index (κ2) is 16.2. The second-order valence-corrected chi connectivity index (χ2v) is 12.4. The van der Waals surface area contributed by atoms with Crippen molar-refractivity contribution in [3.8, 4) is 0 Å².